The van der Waals surface area contributed by atoms with Gasteiger partial charge in [0.2, 0.25) is 11.9 Å². The first-order chi connectivity index (χ1) is 17.6. The van der Waals surface area contributed by atoms with Gasteiger partial charge in [-0.1, -0.05) is 12.6 Å². The maximum absolute atomic E-state index is 13.2. The van der Waals surface area contributed by atoms with Crippen molar-refractivity contribution in [1.82, 2.24) is 19.5 Å². The van der Waals surface area contributed by atoms with Crippen LogP contribution in [-0.4, -0.2) is 64.2 Å². The number of piperidine rings is 1. The third kappa shape index (κ3) is 5.77. The predicted molar refractivity (Wildman–Crippen MR) is 124 cm³/mol. The number of hydrogen-bond donors (Lipinski definition) is 1. The molecule has 13 heteroatoms. The molecule has 1 aromatic carbocycles. The molecule has 0 bridgehead atoms. The molecular weight excluding hydrogens is 495 g/mol. The summed E-state index contributed by atoms with van der Waals surface area (Å²) < 4.78 is 45.9. The van der Waals surface area contributed by atoms with Gasteiger partial charge in [0, 0.05) is 37.3 Å². The molecule has 1 unspecified atom stereocenters. The van der Waals surface area contributed by atoms with E-state index in [4.69, 9.17) is 4.84 Å². The van der Waals surface area contributed by atoms with E-state index in [1.54, 1.807) is 4.90 Å². The number of amides is 2. The average molecular weight is 521 g/mol. The number of halogens is 3. The Balaban J connectivity index is 1.66. The first-order valence-electron chi connectivity index (χ1n) is 11.6. The van der Waals surface area contributed by atoms with Gasteiger partial charge in [-0.05, 0) is 37.1 Å². The van der Waals surface area contributed by atoms with Crippen molar-refractivity contribution in [2.24, 2.45) is 0 Å². The van der Waals surface area contributed by atoms with E-state index in [0.717, 1.165) is 23.9 Å². The Bertz CT molecular complexity index is 1210. The fourth-order valence-electron chi connectivity index (χ4n) is 4.59. The topological polar surface area (TPSA) is 106 Å². The first-order valence-corrected chi connectivity index (χ1v) is 11.6. The van der Waals surface area contributed by atoms with Gasteiger partial charge >= 0.3 is 12.3 Å². The van der Waals surface area contributed by atoms with Crippen LogP contribution in [0.15, 0.2) is 36.9 Å². The van der Waals surface area contributed by atoms with Crippen molar-refractivity contribution in [2.75, 3.05) is 32.1 Å². The minimum atomic E-state index is -4.60. The maximum atomic E-state index is 13.2. The number of rotatable bonds is 5. The summed E-state index contributed by atoms with van der Waals surface area (Å²) in [5.74, 6) is -0.830. The van der Waals surface area contributed by atoms with Crippen LogP contribution >= 0.6 is 0 Å². The molecule has 3 heterocycles. The number of likely N-dealkylation sites (tertiary alicyclic amines) is 1. The minimum Gasteiger partial charge on any atom is -0.436 e. The molecule has 0 radical (unpaired) electrons. The zero-order chi connectivity index (χ0) is 26.7. The lowest BCUT2D eigenvalue weighted by atomic mass is 10.0. The van der Waals surface area contributed by atoms with E-state index in [1.807, 2.05) is 4.57 Å². The van der Waals surface area contributed by atoms with Gasteiger partial charge < -0.3 is 19.0 Å². The first kappa shape index (κ1) is 26.2. The number of aromatic nitrogens is 2. The van der Waals surface area contributed by atoms with Gasteiger partial charge in [-0.25, -0.2) is 9.78 Å². The predicted octanol–water partition coefficient (Wildman–Crippen LogP) is 3.56. The number of hydrogen-bond acceptors (Lipinski definition) is 7. The molecule has 0 aliphatic carbocycles. The van der Waals surface area contributed by atoms with Crippen molar-refractivity contribution >= 4 is 23.9 Å². The third-order valence-corrected chi connectivity index (χ3v) is 6.31. The molecule has 37 heavy (non-hydrogen) atoms. The molecule has 0 spiro atoms. The van der Waals surface area contributed by atoms with Crippen molar-refractivity contribution in [3.63, 3.8) is 0 Å². The van der Waals surface area contributed by atoms with Crippen molar-refractivity contribution in [2.45, 2.75) is 38.0 Å². The van der Waals surface area contributed by atoms with Gasteiger partial charge in [0.1, 0.15) is 0 Å². The van der Waals surface area contributed by atoms with Crippen LogP contribution in [0.2, 0.25) is 0 Å². The van der Waals surface area contributed by atoms with Crippen LogP contribution in [0, 0.1) is 0 Å². The van der Waals surface area contributed by atoms with Gasteiger partial charge in [-0.3, -0.25) is 14.9 Å². The number of anilines is 1. The molecule has 2 aliphatic heterocycles. The molecule has 1 aromatic heterocycles. The van der Waals surface area contributed by atoms with Crippen molar-refractivity contribution < 1.29 is 37.1 Å². The van der Waals surface area contributed by atoms with Gasteiger partial charge in [0.05, 0.1) is 31.0 Å². The molecule has 10 nitrogen and oxygen atoms in total. The number of benzene rings is 1. The highest BCUT2D eigenvalue weighted by atomic mass is 19.4. The third-order valence-electron chi connectivity index (χ3n) is 6.31. The Morgan fingerprint density at radius 2 is 2.03 bits per heavy atom. The van der Waals surface area contributed by atoms with E-state index in [1.165, 1.54) is 24.3 Å². The number of methoxy groups -OCH3 is 1. The monoisotopic (exact) mass is 521 g/mol. The van der Waals surface area contributed by atoms with Crippen LogP contribution < -0.4 is 5.32 Å². The molecule has 4 rings (SSSR count). The van der Waals surface area contributed by atoms with Gasteiger partial charge in [0.25, 0.3) is 5.91 Å². The molecule has 2 amide bonds. The molecular formula is C24H26F3N5O5. The highest BCUT2D eigenvalue weighted by Crippen LogP contribution is 2.33. The van der Waals surface area contributed by atoms with Crippen LogP contribution in [0.4, 0.5) is 23.9 Å². The zero-order valence-corrected chi connectivity index (χ0v) is 20.1. The van der Waals surface area contributed by atoms with Crippen molar-refractivity contribution in [3.05, 3.63) is 59.4 Å². The van der Waals surface area contributed by atoms with E-state index in [2.05, 4.69) is 21.6 Å². The molecule has 2 aromatic rings. The number of carbonyl (C=O) groups excluding carboxylic acids is 3. The van der Waals surface area contributed by atoms with Crippen LogP contribution in [0.5, 0.6) is 0 Å². The lowest BCUT2D eigenvalue weighted by molar-refractivity contribution is -0.137. The molecule has 198 valence electrons. The lowest BCUT2D eigenvalue weighted by Gasteiger charge is -2.35. The Morgan fingerprint density at radius 3 is 2.73 bits per heavy atom. The molecule has 1 saturated heterocycles. The Morgan fingerprint density at radius 1 is 1.24 bits per heavy atom. The minimum absolute atomic E-state index is 0.117. The fraction of sp³-hybridized carbons (Fsp3) is 0.417. The smallest absolute Gasteiger partial charge is 0.436 e. The summed E-state index contributed by atoms with van der Waals surface area (Å²) in [6.07, 6.45) is -2.43. The van der Waals surface area contributed by atoms with Crippen LogP contribution in [0.3, 0.4) is 0 Å². The summed E-state index contributed by atoms with van der Waals surface area (Å²) >= 11 is 0. The van der Waals surface area contributed by atoms with Crippen molar-refractivity contribution in [1.29, 1.82) is 0 Å². The summed E-state index contributed by atoms with van der Waals surface area (Å²) in [4.78, 5) is 48.1. The van der Waals surface area contributed by atoms with Crippen LogP contribution in [0.1, 0.15) is 46.2 Å². The van der Waals surface area contributed by atoms with Gasteiger partial charge in [0.15, 0.2) is 0 Å². The second-order valence-electron chi connectivity index (χ2n) is 8.67. The van der Waals surface area contributed by atoms with Gasteiger partial charge in [-0.15, -0.1) is 5.06 Å². The number of carbonyl (C=O) groups is 3. The molecule has 1 atom stereocenters. The van der Waals surface area contributed by atoms with E-state index in [0.29, 0.717) is 44.6 Å². The highest BCUT2D eigenvalue weighted by molar-refractivity contribution is 6.03. The molecule has 0 saturated carbocycles. The largest absolute Gasteiger partial charge is 0.527 e. The van der Waals surface area contributed by atoms with Gasteiger partial charge in [-0.2, -0.15) is 13.2 Å². The fourth-order valence-corrected chi connectivity index (χ4v) is 4.59. The SMILES string of the molecule is C=CC(=O)N1CCCC(n2c(NC(=O)c3cccc(C(F)(F)F)c3)nc3c2CCN(OC(=O)OC)C3)C1. The second-order valence-corrected chi connectivity index (χ2v) is 8.67. The summed E-state index contributed by atoms with van der Waals surface area (Å²) in [5.41, 5.74) is 0.193. The summed E-state index contributed by atoms with van der Waals surface area (Å²) in [6.45, 7) is 4.90. The number of imidazole rings is 1. The molecule has 2 aliphatic rings. The Kier molecular flexibility index (Phi) is 7.52. The van der Waals surface area contributed by atoms with Crippen molar-refractivity contribution in [3.8, 4) is 0 Å². The number of alkyl halides is 3. The number of hydroxylamine groups is 2. The van der Waals surface area contributed by atoms with Crippen LogP contribution in [0.25, 0.3) is 0 Å². The number of fused-ring (bicyclic) bond motifs is 1. The lowest BCUT2D eigenvalue weighted by Crippen LogP contribution is -2.41. The maximum Gasteiger partial charge on any atom is 0.527 e. The van der Waals surface area contributed by atoms with Crippen LogP contribution in [-0.2, 0) is 33.5 Å². The van der Waals surface area contributed by atoms with E-state index in [-0.39, 0.29) is 30.0 Å². The molecule has 1 N–H and O–H groups in total. The number of ether oxygens (including phenoxy) is 1. The summed E-state index contributed by atoms with van der Waals surface area (Å²) in [6, 6.07) is 3.88. The quantitative estimate of drug-likeness (QED) is 0.474. The average Bonchev–Trinajstić information content (AvgIpc) is 3.24. The summed E-state index contributed by atoms with van der Waals surface area (Å²) in [7, 11) is 1.19. The number of nitrogens with one attached hydrogen (secondary N) is 1. The highest BCUT2D eigenvalue weighted by Gasteiger charge is 2.34. The van der Waals surface area contributed by atoms with E-state index >= 15 is 0 Å². The Hall–Kier alpha value is -3.87. The zero-order valence-electron chi connectivity index (χ0n) is 20.1. The number of nitrogens with zero attached hydrogens (tertiary/aromatic N) is 4. The molecule has 1 fully saturated rings. The normalized spacial score (nSPS) is 18.1. The second kappa shape index (κ2) is 10.6. The Labute approximate surface area is 210 Å². The summed E-state index contributed by atoms with van der Waals surface area (Å²) in [5, 5.41) is 4.03. The van der Waals surface area contributed by atoms with E-state index in [9.17, 15) is 27.6 Å². The standard InChI is InChI=1S/C24H26F3N5O5/c1-3-20(33)30-10-5-8-17(13-30)32-19-9-11-31(37-23(35)36-2)14-18(19)28-22(32)29-21(34)15-6-4-7-16(12-15)24(25,26)27/h3-4,6-7,12,17H,1,5,8-11,13-14H2,2H3,(H,28,29,34). The van der Waals surface area contributed by atoms with E-state index < -0.39 is 23.8 Å².